The average Bonchev–Trinajstić information content (AvgIpc) is 3.40. The van der Waals surface area contributed by atoms with E-state index < -0.39 is 12.7 Å². The number of nitrogens with zero attached hydrogens (tertiary/aromatic N) is 2. The van der Waals surface area contributed by atoms with E-state index in [0.29, 0.717) is 43.1 Å². The van der Waals surface area contributed by atoms with Gasteiger partial charge in [0.25, 0.3) is 0 Å². The third-order valence-corrected chi connectivity index (χ3v) is 7.81. The van der Waals surface area contributed by atoms with E-state index in [1.54, 1.807) is 11.1 Å². The molecule has 5 rings (SSSR count). The SMILES string of the molecule is N#CC1CCC1C(=O)Nc1c[nH]c2ccc(OCC[C@@H]3C[C@@H]4CN(CC(F)(F)F)C[C@@H]4C3)cc12. The van der Waals surface area contributed by atoms with E-state index in [-0.39, 0.29) is 17.7 Å². The molecule has 2 unspecified atom stereocenters. The van der Waals surface area contributed by atoms with Crippen LogP contribution in [-0.4, -0.2) is 48.2 Å². The van der Waals surface area contributed by atoms with Gasteiger partial charge in [0, 0.05) is 30.2 Å². The Balaban J connectivity index is 1.11. The van der Waals surface area contributed by atoms with Gasteiger partial charge in [0.05, 0.1) is 36.7 Å². The molecule has 1 amide bonds. The molecule has 1 saturated heterocycles. The molecule has 2 aliphatic carbocycles. The molecule has 3 aliphatic rings. The highest BCUT2D eigenvalue weighted by atomic mass is 19.4. The zero-order valence-corrected chi connectivity index (χ0v) is 18.9. The van der Waals surface area contributed by atoms with Gasteiger partial charge in [-0.1, -0.05) is 0 Å². The highest BCUT2D eigenvalue weighted by Gasteiger charge is 2.43. The highest BCUT2D eigenvalue weighted by Crippen LogP contribution is 2.43. The summed E-state index contributed by atoms with van der Waals surface area (Å²) in [7, 11) is 0. The molecule has 3 fully saturated rings. The lowest BCUT2D eigenvalue weighted by atomic mass is 9.74. The van der Waals surface area contributed by atoms with Gasteiger partial charge in [0.1, 0.15) is 5.75 Å². The number of alkyl halides is 3. The number of likely N-dealkylation sites (tertiary alicyclic amines) is 1. The number of carbonyl (C=O) groups excluding carboxylic acids is 1. The summed E-state index contributed by atoms with van der Waals surface area (Å²) in [6, 6.07) is 7.90. The summed E-state index contributed by atoms with van der Waals surface area (Å²) >= 11 is 0. The number of carbonyl (C=O) groups is 1. The first-order valence-electron chi connectivity index (χ1n) is 12.0. The normalized spacial score (nSPS) is 28.9. The minimum atomic E-state index is -4.12. The summed E-state index contributed by atoms with van der Waals surface area (Å²) in [5.74, 6) is 1.37. The van der Waals surface area contributed by atoms with Crippen LogP contribution in [0.4, 0.5) is 18.9 Å². The maximum Gasteiger partial charge on any atom is 0.401 e. The van der Waals surface area contributed by atoms with Crippen LogP contribution in [0.15, 0.2) is 24.4 Å². The zero-order valence-electron chi connectivity index (χ0n) is 18.9. The molecule has 1 aromatic carbocycles. The fraction of sp³-hybridized carbons (Fsp3) is 0.600. The topological polar surface area (TPSA) is 81.2 Å². The molecule has 34 heavy (non-hydrogen) atoms. The molecule has 0 radical (unpaired) electrons. The van der Waals surface area contributed by atoms with E-state index in [9.17, 15) is 18.0 Å². The predicted octanol–water partition coefficient (Wildman–Crippen LogP) is 4.95. The van der Waals surface area contributed by atoms with Crippen LogP contribution in [0.1, 0.15) is 32.1 Å². The number of H-pyrrole nitrogens is 1. The van der Waals surface area contributed by atoms with Crippen LogP contribution in [0, 0.1) is 40.9 Å². The van der Waals surface area contributed by atoms with Crippen molar-refractivity contribution in [1.82, 2.24) is 9.88 Å². The Kier molecular flexibility index (Phi) is 6.19. The second-order valence-electron chi connectivity index (χ2n) is 10.1. The lowest BCUT2D eigenvalue weighted by Gasteiger charge is -2.29. The number of hydrogen-bond donors (Lipinski definition) is 2. The summed E-state index contributed by atoms with van der Waals surface area (Å²) in [5.41, 5.74) is 1.57. The van der Waals surface area contributed by atoms with Gasteiger partial charge in [-0.05, 0) is 68.1 Å². The van der Waals surface area contributed by atoms with Crippen LogP contribution >= 0.6 is 0 Å². The van der Waals surface area contributed by atoms with Crippen molar-refractivity contribution in [3.8, 4) is 11.8 Å². The third kappa shape index (κ3) is 4.88. The number of amides is 1. The maximum absolute atomic E-state index is 12.6. The molecular weight excluding hydrogens is 445 g/mol. The summed E-state index contributed by atoms with van der Waals surface area (Å²) in [4.78, 5) is 17.2. The van der Waals surface area contributed by atoms with Gasteiger partial charge >= 0.3 is 6.18 Å². The number of nitrogens with one attached hydrogen (secondary N) is 2. The van der Waals surface area contributed by atoms with Crippen molar-refractivity contribution in [1.29, 1.82) is 5.26 Å². The third-order valence-electron chi connectivity index (χ3n) is 7.81. The molecule has 1 aliphatic heterocycles. The van der Waals surface area contributed by atoms with Gasteiger partial charge in [-0.3, -0.25) is 9.69 Å². The molecule has 2 N–H and O–H groups in total. The predicted molar refractivity (Wildman–Crippen MR) is 121 cm³/mol. The Morgan fingerprint density at radius 1 is 1.24 bits per heavy atom. The second-order valence-corrected chi connectivity index (χ2v) is 10.1. The maximum atomic E-state index is 12.6. The Bertz CT molecular complexity index is 1080. The molecule has 9 heteroatoms. The number of anilines is 1. The number of rotatable bonds is 7. The number of aromatic amines is 1. The van der Waals surface area contributed by atoms with Crippen molar-refractivity contribution in [3.05, 3.63) is 24.4 Å². The van der Waals surface area contributed by atoms with E-state index in [2.05, 4.69) is 16.4 Å². The van der Waals surface area contributed by atoms with Crippen LogP contribution in [0.3, 0.4) is 0 Å². The summed E-state index contributed by atoms with van der Waals surface area (Å²) in [6.07, 6.45) is 1.98. The second kappa shape index (κ2) is 9.14. The monoisotopic (exact) mass is 474 g/mol. The van der Waals surface area contributed by atoms with Crippen LogP contribution in [-0.2, 0) is 4.79 Å². The van der Waals surface area contributed by atoms with Gasteiger partial charge in [0.15, 0.2) is 0 Å². The number of nitriles is 1. The molecule has 1 aromatic heterocycles. The number of hydrogen-bond acceptors (Lipinski definition) is 4. The fourth-order valence-corrected chi connectivity index (χ4v) is 5.97. The van der Waals surface area contributed by atoms with Crippen molar-refractivity contribution < 1.29 is 22.7 Å². The van der Waals surface area contributed by atoms with Gasteiger partial charge in [-0.15, -0.1) is 0 Å². The van der Waals surface area contributed by atoms with E-state index in [0.717, 1.165) is 48.8 Å². The largest absolute Gasteiger partial charge is 0.494 e. The molecule has 0 spiro atoms. The molecule has 182 valence electrons. The molecular formula is C25H29F3N4O2. The Labute approximate surface area is 196 Å². The minimum Gasteiger partial charge on any atom is -0.494 e. The van der Waals surface area contributed by atoms with Crippen LogP contribution < -0.4 is 10.1 Å². The molecule has 2 aromatic rings. The first-order valence-corrected chi connectivity index (χ1v) is 12.0. The van der Waals surface area contributed by atoms with Gasteiger partial charge in [0.2, 0.25) is 5.91 Å². The van der Waals surface area contributed by atoms with Crippen LogP contribution in [0.5, 0.6) is 5.75 Å². The quantitative estimate of drug-likeness (QED) is 0.595. The molecule has 5 atom stereocenters. The number of halogens is 3. The molecule has 6 nitrogen and oxygen atoms in total. The smallest absolute Gasteiger partial charge is 0.401 e. The number of aromatic nitrogens is 1. The first kappa shape index (κ1) is 23.0. The Hall–Kier alpha value is -2.73. The minimum absolute atomic E-state index is 0.120. The van der Waals surface area contributed by atoms with Crippen molar-refractivity contribution >= 4 is 22.5 Å². The highest BCUT2D eigenvalue weighted by molar-refractivity contribution is 6.03. The molecule has 0 bridgehead atoms. The number of ether oxygens (including phenoxy) is 1. The summed E-state index contributed by atoms with van der Waals surface area (Å²) in [6.45, 7) is 0.865. The Morgan fingerprint density at radius 2 is 2.00 bits per heavy atom. The van der Waals surface area contributed by atoms with Crippen molar-refractivity contribution in [2.45, 2.75) is 38.3 Å². The molecule has 2 saturated carbocycles. The van der Waals surface area contributed by atoms with Crippen molar-refractivity contribution in [3.63, 3.8) is 0 Å². The Morgan fingerprint density at radius 3 is 2.65 bits per heavy atom. The van der Waals surface area contributed by atoms with Crippen LogP contribution in [0.2, 0.25) is 0 Å². The van der Waals surface area contributed by atoms with Gasteiger partial charge in [-0.2, -0.15) is 18.4 Å². The van der Waals surface area contributed by atoms with Gasteiger partial charge < -0.3 is 15.0 Å². The summed E-state index contributed by atoms with van der Waals surface area (Å²) < 4.78 is 43.9. The fourth-order valence-electron chi connectivity index (χ4n) is 5.97. The zero-order chi connectivity index (χ0) is 23.9. The van der Waals surface area contributed by atoms with E-state index in [1.165, 1.54) is 0 Å². The molecule has 2 heterocycles. The summed E-state index contributed by atoms with van der Waals surface area (Å²) in [5, 5.41) is 12.9. The lowest BCUT2D eigenvalue weighted by molar-refractivity contribution is -0.144. The number of benzene rings is 1. The van der Waals surface area contributed by atoms with Crippen molar-refractivity contribution in [2.24, 2.45) is 29.6 Å². The van der Waals surface area contributed by atoms with E-state index in [4.69, 9.17) is 10.00 Å². The first-order chi connectivity index (χ1) is 16.3. The lowest BCUT2D eigenvalue weighted by Crippen LogP contribution is -2.35. The standard InChI is InChI=1S/C25H29F3N4O2/c26-25(27,28)14-32-12-17-7-15(8-18(17)13-32)5-6-34-19-2-4-22-21(9-19)23(11-30-22)31-24(33)20-3-1-16(20)10-29/h2,4,9,11,15-18,20,30H,1,3,5-8,12-14H2,(H,31,33)/t15-,16?,17-,18+,20?. The number of fused-ring (bicyclic) bond motifs is 2. The van der Waals surface area contributed by atoms with E-state index >= 15 is 0 Å². The van der Waals surface area contributed by atoms with Gasteiger partial charge in [-0.25, -0.2) is 0 Å². The van der Waals surface area contributed by atoms with Crippen molar-refractivity contribution in [2.75, 3.05) is 31.6 Å². The van der Waals surface area contributed by atoms with E-state index in [1.807, 2.05) is 18.2 Å². The van der Waals surface area contributed by atoms with Crippen LogP contribution in [0.25, 0.3) is 10.9 Å². The average molecular weight is 475 g/mol.